The van der Waals surface area contributed by atoms with Crippen molar-refractivity contribution in [3.05, 3.63) is 52.6 Å². The highest BCUT2D eigenvalue weighted by Gasteiger charge is 2.23. The smallest absolute Gasteiger partial charge is 0.338 e. The normalized spacial score (nSPS) is 16.5. The van der Waals surface area contributed by atoms with Crippen LogP contribution in [0.15, 0.2) is 35.2 Å². The maximum atomic E-state index is 12.4. The highest BCUT2D eigenvalue weighted by molar-refractivity contribution is 6.01. The van der Waals surface area contributed by atoms with E-state index in [9.17, 15) is 9.59 Å². The van der Waals surface area contributed by atoms with Crippen LogP contribution < -0.4 is 5.32 Å². The predicted octanol–water partition coefficient (Wildman–Crippen LogP) is 3.25. The number of nitrogens with zero attached hydrogens (tertiary/aromatic N) is 2. The average Bonchev–Trinajstić information content (AvgIpc) is 3.04. The molecule has 0 amide bonds. The molecule has 1 aliphatic heterocycles. The zero-order valence-electron chi connectivity index (χ0n) is 15.5. The summed E-state index contributed by atoms with van der Waals surface area (Å²) in [5, 5.41) is 3.06. The van der Waals surface area contributed by atoms with Crippen LogP contribution in [0, 0.1) is 6.92 Å². The largest absolute Gasteiger partial charge is 0.462 e. The van der Waals surface area contributed by atoms with Crippen molar-refractivity contribution in [2.75, 3.05) is 13.7 Å². The molecule has 136 valence electrons. The molecule has 0 spiro atoms. The number of esters is 1. The molecule has 0 aliphatic carbocycles. The number of Topliss-reactive ketones (excluding diaryl/α,β-unsaturated/α-hetero) is 1. The second-order valence-electron chi connectivity index (χ2n) is 6.29. The molecule has 2 aromatic rings. The third kappa shape index (κ3) is 3.03. The summed E-state index contributed by atoms with van der Waals surface area (Å²) in [5.74, 6) is 0.443. The summed E-state index contributed by atoms with van der Waals surface area (Å²) in [6.45, 7) is 5.36. The fourth-order valence-corrected chi connectivity index (χ4v) is 3.46. The molecule has 2 aromatic heterocycles. The summed E-state index contributed by atoms with van der Waals surface area (Å²) in [7, 11) is 1.83. The van der Waals surface area contributed by atoms with Gasteiger partial charge in [-0.1, -0.05) is 0 Å². The van der Waals surface area contributed by atoms with Crippen molar-refractivity contribution in [1.82, 2.24) is 9.72 Å². The number of pyridine rings is 1. The van der Waals surface area contributed by atoms with E-state index in [1.807, 2.05) is 36.0 Å². The second kappa shape index (κ2) is 7.15. The molecule has 3 rings (SSSR count). The molecule has 1 N–H and O–H groups in total. The Morgan fingerprint density at radius 3 is 2.85 bits per heavy atom. The van der Waals surface area contributed by atoms with E-state index >= 15 is 0 Å². The Morgan fingerprint density at radius 1 is 1.42 bits per heavy atom. The Hall–Kier alpha value is -2.89. The molecular weight excluding hydrogens is 330 g/mol. The molecule has 6 nitrogen and oxygen atoms in total. The SMILES string of the molecule is CCOC(=O)c1cc2c(C3C=C(NC)N=CC3)ccn2c(C(C)=O)c1C. The van der Waals surface area contributed by atoms with Crippen molar-refractivity contribution in [2.45, 2.75) is 33.1 Å². The summed E-state index contributed by atoms with van der Waals surface area (Å²) in [4.78, 5) is 29.0. The fraction of sp³-hybridized carbons (Fsp3) is 0.350. The minimum absolute atomic E-state index is 0.0857. The molecule has 0 fully saturated rings. The van der Waals surface area contributed by atoms with Gasteiger partial charge < -0.3 is 14.5 Å². The van der Waals surface area contributed by atoms with Gasteiger partial charge in [0, 0.05) is 32.3 Å². The first-order valence-electron chi connectivity index (χ1n) is 8.72. The minimum Gasteiger partial charge on any atom is -0.462 e. The molecule has 26 heavy (non-hydrogen) atoms. The van der Waals surface area contributed by atoms with Gasteiger partial charge in [0.2, 0.25) is 0 Å². The average molecular weight is 353 g/mol. The Morgan fingerprint density at radius 2 is 2.19 bits per heavy atom. The predicted molar refractivity (Wildman–Crippen MR) is 101 cm³/mol. The molecule has 1 atom stereocenters. The van der Waals surface area contributed by atoms with Gasteiger partial charge in [-0.05, 0) is 49.6 Å². The lowest BCUT2D eigenvalue weighted by atomic mass is 9.94. The third-order valence-electron chi connectivity index (χ3n) is 4.67. The summed E-state index contributed by atoms with van der Waals surface area (Å²) in [5.41, 5.74) is 3.49. The van der Waals surface area contributed by atoms with Crippen molar-refractivity contribution in [1.29, 1.82) is 0 Å². The Bertz CT molecular complexity index is 937. The standard InChI is InChI=1S/C20H23N3O3/c1-5-26-20(25)16-11-17-15(14-6-8-22-18(10-14)21-4)7-9-23(17)19(12(16)2)13(3)24/h7-11,14,21H,5-6H2,1-4H3. The number of hydrogen-bond acceptors (Lipinski definition) is 5. The zero-order valence-corrected chi connectivity index (χ0v) is 15.5. The van der Waals surface area contributed by atoms with Crippen molar-refractivity contribution in [3.63, 3.8) is 0 Å². The number of ether oxygens (including phenoxy) is 1. The summed E-state index contributed by atoms with van der Waals surface area (Å²) in [6, 6.07) is 3.83. The monoisotopic (exact) mass is 353 g/mol. The number of carbonyl (C=O) groups excluding carboxylic acids is 2. The van der Waals surface area contributed by atoms with Crippen molar-refractivity contribution >= 4 is 23.5 Å². The van der Waals surface area contributed by atoms with Crippen LogP contribution >= 0.6 is 0 Å². The number of hydrogen-bond donors (Lipinski definition) is 1. The van der Waals surface area contributed by atoms with E-state index in [0.717, 1.165) is 23.3 Å². The van der Waals surface area contributed by atoms with Crippen molar-refractivity contribution in [2.24, 2.45) is 4.99 Å². The molecule has 0 saturated heterocycles. The number of fused-ring (bicyclic) bond motifs is 1. The van der Waals surface area contributed by atoms with Gasteiger partial charge >= 0.3 is 5.97 Å². The molecule has 0 aromatic carbocycles. The van der Waals surface area contributed by atoms with Crippen LogP contribution in [0.4, 0.5) is 0 Å². The number of nitrogens with one attached hydrogen (secondary N) is 1. The van der Waals surface area contributed by atoms with E-state index in [4.69, 9.17) is 4.74 Å². The van der Waals surface area contributed by atoms with E-state index in [-0.39, 0.29) is 11.7 Å². The summed E-state index contributed by atoms with van der Waals surface area (Å²) in [6.07, 6.45) is 6.60. The number of aliphatic imine (C=N–C) groups is 1. The van der Waals surface area contributed by atoms with Crippen LogP contribution in [-0.4, -0.2) is 36.0 Å². The molecule has 0 radical (unpaired) electrons. The Labute approximate surface area is 152 Å². The van der Waals surface area contributed by atoms with E-state index in [2.05, 4.69) is 16.4 Å². The van der Waals surface area contributed by atoms with Crippen LogP contribution in [0.5, 0.6) is 0 Å². The second-order valence-corrected chi connectivity index (χ2v) is 6.29. The van der Waals surface area contributed by atoms with Crippen LogP contribution in [0.2, 0.25) is 0 Å². The maximum absolute atomic E-state index is 12.4. The number of rotatable bonds is 5. The van der Waals surface area contributed by atoms with Gasteiger partial charge in [-0.3, -0.25) is 4.79 Å². The topological polar surface area (TPSA) is 72.2 Å². The highest BCUT2D eigenvalue weighted by atomic mass is 16.5. The molecule has 0 saturated carbocycles. The Kier molecular flexibility index (Phi) is 4.93. The molecule has 1 unspecified atom stereocenters. The molecule has 3 heterocycles. The lowest BCUT2D eigenvalue weighted by Gasteiger charge is -2.17. The molecule has 1 aliphatic rings. The number of carbonyl (C=O) groups is 2. The van der Waals surface area contributed by atoms with Gasteiger partial charge in [-0.2, -0.15) is 0 Å². The highest BCUT2D eigenvalue weighted by Crippen LogP contribution is 2.31. The molecule has 0 bridgehead atoms. The summed E-state index contributed by atoms with van der Waals surface area (Å²) >= 11 is 0. The molecule has 6 heteroatoms. The van der Waals surface area contributed by atoms with Gasteiger partial charge in [0.05, 0.1) is 23.4 Å². The van der Waals surface area contributed by atoms with Crippen LogP contribution in [0.1, 0.15) is 58.2 Å². The Balaban J connectivity index is 2.22. The van der Waals surface area contributed by atoms with E-state index < -0.39 is 5.97 Å². The maximum Gasteiger partial charge on any atom is 0.338 e. The van der Waals surface area contributed by atoms with E-state index in [1.54, 1.807) is 13.8 Å². The van der Waals surface area contributed by atoms with Gasteiger partial charge in [-0.25, -0.2) is 9.79 Å². The quantitative estimate of drug-likeness (QED) is 0.662. The van der Waals surface area contributed by atoms with Gasteiger partial charge in [-0.15, -0.1) is 0 Å². The van der Waals surface area contributed by atoms with Crippen LogP contribution in [0.25, 0.3) is 5.52 Å². The van der Waals surface area contributed by atoms with Gasteiger partial charge in [0.25, 0.3) is 0 Å². The lowest BCUT2D eigenvalue weighted by Crippen LogP contribution is -2.14. The first kappa shape index (κ1) is 17.9. The molecular formula is C20H23N3O3. The van der Waals surface area contributed by atoms with Gasteiger partial charge in [0.1, 0.15) is 5.82 Å². The number of aromatic nitrogens is 1. The fourth-order valence-electron chi connectivity index (χ4n) is 3.46. The van der Waals surface area contributed by atoms with Crippen molar-refractivity contribution < 1.29 is 14.3 Å². The van der Waals surface area contributed by atoms with Crippen LogP contribution in [0.3, 0.4) is 0 Å². The minimum atomic E-state index is -0.404. The number of ketones is 1. The van der Waals surface area contributed by atoms with Crippen molar-refractivity contribution in [3.8, 4) is 0 Å². The first-order valence-corrected chi connectivity index (χ1v) is 8.72. The first-order chi connectivity index (χ1) is 12.5. The van der Waals surface area contributed by atoms with E-state index in [0.29, 0.717) is 23.4 Å². The van der Waals surface area contributed by atoms with Gasteiger partial charge in [0.15, 0.2) is 5.78 Å². The zero-order chi connectivity index (χ0) is 18.8. The number of allylic oxidation sites excluding steroid dienone is 1. The summed E-state index contributed by atoms with van der Waals surface area (Å²) < 4.78 is 7.06. The lowest BCUT2D eigenvalue weighted by molar-refractivity contribution is 0.0525. The third-order valence-corrected chi connectivity index (χ3v) is 4.67. The van der Waals surface area contributed by atoms with E-state index in [1.165, 1.54) is 6.92 Å². The van der Waals surface area contributed by atoms with Crippen LogP contribution in [-0.2, 0) is 4.74 Å².